The van der Waals surface area contributed by atoms with Crippen molar-refractivity contribution >= 4 is 17.2 Å². The Hall–Kier alpha value is -4.17. The molecule has 0 radical (unpaired) electrons. The monoisotopic (exact) mass is 494 g/mol. The molecule has 2 saturated heterocycles. The van der Waals surface area contributed by atoms with Crippen molar-refractivity contribution in [3.05, 3.63) is 85.5 Å². The number of anilines is 1. The summed E-state index contributed by atoms with van der Waals surface area (Å²) in [5.74, 6) is 2.58. The van der Waals surface area contributed by atoms with Gasteiger partial charge in [0.25, 0.3) is 0 Å². The lowest BCUT2D eigenvalue weighted by Gasteiger charge is -2.33. The quantitative estimate of drug-likeness (QED) is 0.309. The van der Waals surface area contributed by atoms with Gasteiger partial charge < -0.3 is 15.4 Å². The summed E-state index contributed by atoms with van der Waals surface area (Å²) in [6.07, 6.45) is 4.95. The average Bonchev–Trinajstić information content (AvgIpc) is 3.42. The number of rotatable bonds is 6. The van der Waals surface area contributed by atoms with Crippen LogP contribution in [0.1, 0.15) is 32.6 Å². The molecule has 188 valence electrons. The average molecular weight is 495 g/mol. The van der Waals surface area contributed by atoms with E-state index in [-0.39, 0.29) is 24.0 Å². The molecule has 1 amide bonds. The molecule has 0 bridgehead atoms. The molecule has 2 aliphatic heterocycles. The second kappa shape index (κ2) is 8.74. The standard InChI is InChI=1S/C29H30N6O2/c1-5-22(36)35-18(4)24-26(34(24)17(2)3)27(35)29-32-23(25-28(30)31-15-16-33(25)29)19-11-13-21(14-12-19)37-20-9-7-6-8-10-20/h5-18,24,26-27H,1H2,2-4H3,(H2,30,31)/t18-,24?,26-,27?,34?/m0/s1. The number of amides is 1. The first-order valence-corrected chi connectivity index (χ1v) is 12.6. The predicted molar refractivity (Wildman–Crippen MR) is 143 cm³/mol. The Balaban J connectivity index is 1.44. The zero-order valence-corrected chi connectivity index (χ0v) is 21.2. The molecule has 3 unspecified atom stereocenters. The number of likely N-dealkylation sites (tertiary alicyclic amines) is 1. The molecule has 2 aliphatic rings. The Morgan fingerprint density at radius 3 is 2.46 bits per heavy atom. The van der Waals surface area contributed by atoms with E-state index in [4.69, 9.17) is 15.5 Å². The van der Waals surface area contributed by atoms with Crippen molar-refractivity contribution in [1.82, 2.24) is 24.2 Å². The van der Waals surface area contributed by atoms with Crippen molar-refractivity contribution in [3.63, 3.8) is 0 Å². The summed E-state index contributed by atoms with van der Waals surface area (Å²) in [5.41, 5.74) is 8.75. The summed E-state index contributed by atoms with van der Waals surface area (Å²) in [6, 6.07) is 18.1. The Bertz CT molecular complexity index is 1480. The number of hydrogen-bond acceptors (Lipinski definition) is 6. The van der Waals surface area contributed by atoms with Crippen molar-refractivity contribution < 1.29 is 9.53 Å². The lowest BCUT2D eigenvalue weighted by Crippen LogP contribution is -2.43. The largest absolute Gasteiger partial charge is 0.457 e. The number of piperazine rings is 1. The van der Waals surface area contributed by atoms with Crippen LogP contribution in [0.5, 0.6) is 11.5 Å². The second-order valence-corrected chi connectivity index (χ2v) is 9.95. The molecule has 0 saturated carbocycles. The van der Waals surface area contributed by atoms with Gasteiger partial charge in [-0.1, -0.05) is 24.8 Å². The van der Waals surface area contributed by atoms with Crippen LogP contribution in [0.25, 0.3) is 16.8 Å². The molecule has 5 atom stereocenters. The normalized spacial score (nSPS) is 24.3. The van der Waals surface area contributed by atoms with Crippen molar-refractivity contribution in [2.24, 2.45) is 0 Å². The van der Waals surface area contributed by atoms with E-state index in [1.807, 2.05) is 70.1 Å². The van der Waals surface area contributed by atoms with Gasteiger partial charge in [0.2, 0.25) is 5.91 Å². The lowest BCUT2D eigenvalue weighted by molar-refractivity contribution is -0.130. The summed E-state index contributed by atoms with van der Waals surface area (Å²) < 4.78 is 7.96. The van der Waals surface area contributed by atoms with Gasteiger partial charge in [0.15, 0.2) is 0 Å². The topological polar surface area (TPSA) is 88.8 Å². The minimum atomic E-state index is -0.225. The van der Waals surface area contributed by atoms with Crippen LogP contribution in [0.3, 0.4) is 0 Å². The fourth-order valence-electron chi connectivity index (χ4n) is 5.96. The third-order valence-corrected chi connectivity index (χ3v) is 7.51. The van der Waals surface area contributed by atoms with Crippen LogP contribution in [0.15, 0.2) is 79.6 Å². The number of carbonyl (C=O) groups is 1. The van der Waals surface area contributed by atoms with Gasteiger partial charge in [-0.05, 0) is 63.2 Å². The van der Waals surface area contributed by atoms with Gasteiger partial charge in [-0.3, -0.25) is 14.1 Å². The summed E-state index contributed by atoms with van der Waals surface area (Å²) in [4.78, 5) is 26.9. The molecule has 2 aromatic carbocycles. The zero-order valence-electron chi connectivity index (χ0n) is 21.2. The molecule has 8 heteroatoms. The van der Waals surface area contributed by atoms with Gasteiger partial charge in [-0.15, -0.1) is 0 Å². The molecular formula is C29H30N6O2. The predicted octanol–water partition coefficient (Wildman–Crippen LogP) is 4.69. The van der Waals surface area contributed by atoms with E-state index in [9.17, 15) is 4.79 Å². The third kappa shape index (κ3) is 3.67. The SMILES string of the molecule is C=CC(=O)N1C(c2nc(-c3ccc(Oc4ccccc4)cc3)c3c(N)nccn23)[C@@H]2C([C@@H]1C)N2C(C)C. The van der Waals surface area contributed by atoms with Crippen LogP contribution in [0, 0.1) is 0 Å². The minimum absolute atomic E-state index is 0.0484. The first kappa shape index (κ1) is 23.2. The van der Waals surface area contributed by atoms with Gasteiger partial charge in [0.05, 0.1) is 6.04 Å². The highest BCUT2D eigenvalue weighted by Gasteiger charge is 2.66. The number of ether oxygens (including phenoxy) is 1. The van der Waals surface area contributed by atoms with Gasteiger partial charge in [-0.25, -0.2) is 9.97 Å². The van der Waals surface area contributed by atoms with Crippen LogP contribution >= 0.6 is 0 Å². The van der Waals surface area contributed by atoms with Gasteiger partial charge >= 0.3 is 0 Å². The van der Waals surface area contributed by atoms with Crippen LogP contribution in [0.4, 0.5) is 5.82 Å². The van der Waals surface area contributed by atoms with E-state index < -0.39 is 0 Å². The highest BCUT2D eigenvalue weighted by molar-refractivity contribution is 5.89. The zero-order chi connectivity index (χ0) is 25.8. The third-order valence-electron chi connectivity index (χ3n) is 7.51. The molecule has 4 heterocycles. The number of fused-ring (bicyclic) bond motifs is 2. The van der Waals surface area contributed by atoms with Crippen LogP contribution in [0.2, 0.25) is 0 Å². The molecule has 2 aromatic heterocycles. The second-order valence-electron chi connectivity index (χ2n) is 9.95. The van der Waals surface area contributed by atoms with E-state index >= 15 is 0 Å². The Morgan fingerprint density at radius 2 is 1.78 bits per heavy atom. The number of carbonyl (C=O) groups excluding carboxylic acids is 1. The minimum Gasteiger partial charge on any atom is -0.457 e. The van der Waals surface area contributed by atoms with E-state index in [2.05, 4.69) is 37.2 Å². The number of hydrogen-bond donors (Lipinski definition) is 1. The number of nitrogens with zero attached hydrogens (tertiary/aromatic N) is 5. The molecule has 2 N–H and O–H groups in total. The number of aromatic nitrogens is 3. The maximum atomic E-state index is 13.0. The number of imidazole rings is 1. The Kier molecular flexibility index (Phi) is 5.49. The fourth-order valence-corrected chi connectivity index (χ4v) is 5.96. The fraction of sp³-hybridized carbons (Fsp3) is 0.276. The Morgan fingerprint density at radius 1 is 1.08 bits per heavy atom. The maximum Gasteiger partial charge on any atom is 0.246 e. The van der Waals surface area contributed by atoms with Crippen molar-refractivity contribution in [2.45, 2.75) is 51.0 Å². The number of benzene rings is 2. The summed E-state index contributed by atoms with van der Waals surface area (Å²) in [7, 11) is 0. The van der Waals surface area contributed by atoms with E-state index in [1.54, 1.807) is 6.20 Å². The van der Waals surface area contributed by atoms with Gasteiger partial charge in [-0.2, -0.15) is 0 Å². The molecule has 37 heavy (non-hydrogen) atoms. The number of nitrogen functional groups attached to an aromatic ring is 1. The van der Waals surface area contributed by atoms with Crippen molar-refractivity contribution in [2.75, 3.05) is 5.73 Å². The molecule has 0 aliphatic carbocycles. The van der Waals surface area contributed by atoms with Crippen molar-refractivity contribution in [1.29, 1.82) is 0 Å². The lowest BCUT2D eigenvalue weighted by atomic mass is 10.1. The van der Waals surface area contributed by atoms with E-state index in [0.717, 1.165) is 34.1 Å². The van der Waals surface area contributed by atoms with Gasteiger partial charge in [0, 0.05) is 36.1 Å². The van der Waals surface area contributed by atoms with Crippen LogP contribution < -0.4 is 10.5 Å². The smallest absolute Gasteiger partial charge is 0.246 e. The molecule has 8 nitrogen and oxygen atoms in total. The van der Waals surface area contributed by atoms with Crippen LogP contribution in [-0.2, 0) is 4.79 Å². The summed E-state index contributed by atoms with van der Waals surface area (Å²) in [6.45, 7) is 10.3. The molecule has 0 spiro atoms. The molecule has 2 fully saturated rings. The first-order chi connectivity index (χ1) is 17.9. The van der Waals surface area contributed by atoms with E-state index in [0.29, 0.717) is 17.9 Å². The number of para-hydroxylation sites is 1. The molecule has 4 aromatic rings. The number of nitrogens with two attached hydrogens (primary N) is 1. The van der Waals surface area contributed by atoms with Crippen LogP contribution in [-0.4, -0.2) is 54.2 Å². The Labute approximate surface area is 216 Å². The summed E-state index contributed by atoms with van der Waals surface area (Å²) >= 11 is 0. The van der Waals surface area contributed by atoms with Crippen molar-refractivity contribution in [3.8, 4) is 22.8 Å². The highest BCUT2D eigenvalue weighted by Crippen LogP contribution is 2.53. The van der Waals surface area contributed by atoms with Gasteiger partial charge in [0.1, 0.15) is 40.4 Å². The highest BCUT2D eigenvalue weighted by atomic mass is 16.5. The van der Waals surface area contributed by atoms with E-state index in [1.165, 1.54) is 6.08 Å². The summed E-state index contributed by atoms with van der Waals surface area (Å²) in [5, 5.41) is 0. The molecular weight excluding hydrogens is 464 g/mol. The first-order valence-electron chi connectivity index (χ1n) is 12.6. The maximum absolute atomic E-state index is 13.0. The molecule has 6 rings (SSSR count).